The number of amides is 1. The fourth-order valence-corrected chi connectivity index (χ4v) is 1.70. The molecule has 1 rings (SSSR count). The average molecular weight is 272 g/mol. The van der Waals surface area contributed by atoms with Crippen molar-refractivity contribution in [1.29, 1.82) is 0 Å². The molecular weight excluding hydrogens is 258 g/mol. The molecular formula is C11H14BrNO2. The molecule has 0 aromatic heterocycles. The molecule has 0 saturated heterocycles. The smallest absolute Gasteiger partial charge is 0.253 e. The first kappa shape index (κ1) is 12.2. The summed E-state index contributed by atoms with van der Waals surface area (Å²) in [5, 5.41) is 1.24. The monoisotopic (exact) mass is 271 g/mol. The molecule has 0 saturated carbocycles. The van der Waals surface area contributed by atoms with E-state index in [1.807, 2.05) is 31.2 Å². The number of rotatable bonds is 3. The summed E-state index contributed by atoms with van der Waals surface area (Å²) >= 11 is 3.38. The van der Waals surface area contributed by atoms with Crippen LogP contribution < -0.4 is 0 Å². The van der Waals surface area contributed by atoms with Crippen molar-refractivity contribution in [2.45, 2.75) is 12.8 Å². The molecule has 1 atom stereocenters. The summed E-state index contributed by atoms with van der Waals surface area (Å²) in [6.07, 6.45) is 0. The number of nitrogens with zero attached hydrogens (tertiary/aromatic N) is 1. The van der Waals surface area contributed by atoms with Gasteiger partial charge in [-0.25, -0.2) is 5.06 Å². The minimum Gasteiger partial charge on any atom is -0.275 e. The van der Waals surface area contributed by atoms with Crippen LogP contribution in [0.3, 0.4) is 0 Å². The number of carbonyl (C=O) groups excluding carboxylic acids is 1. The van der Waals surface area contributed by atoms with Crippen LogP contribution in [0.2, 0.25) is 0 Å². The van der Waals surface area contributed by atoms with Crippen molar-refractivity contribution in [2.75, 3.05) is 14.2 Å². The number of carbonyl (C=O) groups is 1. The third-order valence-corrected chi connectivity index (χ3v) is 2.80. The molecule has 1 aromatic carbocycles. The lowest BCUT2D eigenvalue weighted by molar-refractivity contribution is -0.170. The van der Waals surface area contributed by atoms with Crippen molar-refractivity contribution in [2.24, 2.45) is 0 Å². The lowest BCUT2D eigenvalue weighted by atomic mass is 10.0. The molecule has 0 heterocycles. The Bertz CT molecular complexity index is 354. The maximum atomic E-state index is 11.8. The Morgan fingerprint density at radius 1 is 1.53 bits per heavy atom. The lowest BCUT2D eigenvalue weighted by Crippen LogP contribution is -2.29. The van der Waals surface area contributed by atoms with E-state index in [-0.39, 0.29) is 11.8 Å². The van der Waals surface area contributed by atoms with Gasteiger partial charge in [0.15, 0.2) is 0 Å². The number of hydroxylamine groups is 2. The van der Waals surface area contributed by atoms with Gasteiger partial charge < -0.3 is 0 Å². The highest BCUT2D eigenvalue weighted by molar-refractivity contribution is 9.10. The van der Waals surface area contributed by atoms with Crippen LogP contribution in [0.25, 0.3) is 0 Å². The van der Waals surface area contributed by atoms with Gasteiger partial charge in [0.25, 0.3) is 5.91 Å². The average Bonchev–Trinajstić information content (AvgIpc) is 2.26. The number of halogens is 1. The fourth-order valence-electron chi connectivity index (χ4n) is 1.28. The van der Waals surface area contributed by atoms with E-state index < -0.39 is 0 Å². The summed E-state index contributed by atoms with van der Waals surface area (Å²) in [4.78, 5) is 16.6. The van der Waals surface area contributed by atoms with E-state index >= 15 is 0 Å². The van der Waals surface area contributed by atoms with Crippen molar-refractivity contribution in [3.05, 3.63) is 34.3 Å². The van der Waals surface area contributed by atoms with Gasteiger partial charge in [-0.1, -0.05) is 28.1 Å². The van der Waals surface area contributed by atoms with Gasteiger partial charge >= 0.3 is 0 Å². The Hall–Kier alpha value is -0.870. The van der Waals surface area contributed by atoms with E-state index in [9.17, 15) is 4.79 Å². The van der Waals surface area contributed by atoms with Crippen LogP contribution in [-0.4, -0.2) is 25.1 Å². The molecule has 0 N–H and O–H groups in total. The largest absolute Gasteiger partial charge is 0.275 e. The fraction of sp³-hybridized carbons (Fsp3) is 0.364. The second-order valence-corrected chi connectivity index (χ2v) is 4.21. The zero-order valence-electron chi connectivity index (χ0n) is 9.03. The first-order valence-corrected chi connectivity index (χ1v) is 5.42. The lowest BCUT2D eigenvalue weighted by Gasteiger charge is -2.19. The quantitative estimate of drug-likeness (QED) is 0.791. The molecule has 4 heteroatoms. The zero-order chi connectivity index (χ0) is 11.4. The van der Waals surface area contributed by atoms with Crippen molar-refractivity contribution in [1.82, 2.24) is 5.06 Å². The van der Waals surface area contributed by atoms with Gasteiger partial charge in [0.1, 0.15) is 0 Å². The molecule has 0 aliphatic rings. The maximum absolute atomic E-state index is 11.8. The Labute approximate surface area is 98.1 Å². The van der Waals surface area contributed by atoms with Gasteiger partial charge in [0, 0.05) is 11.5 Å². The van der Waals surface area contributed by atoms with Crippen molar-refractivity contribution in [3.63, 3.8) is 0 Å². The van der Waals surface area contributed by atoms with Crippen molar-refractivity contribution < 1.29 is 9.63 Å². The summed E-state index contributed by atoms with van der Waals surface area (Å²) in [5.41, 5.74) is 0.971. The van der Waals surface area contributed by atoms with Crippen LogP contribution in [0.5, 0.6) is 0 Å². The molecule has 0 aliphatic heterocycles. The Morgan fingerprint density at radius 3 is 2.73 bits per heavy atom. The SMILES string of the molecule is CON(C)C(=O)C(C)c1cccc(Br)c1. The van der Waals surface area contributed by atoms with Crippen LogP contribution in [-0.2, 0) is 9.63 Å². The molecule has 15 heavy (non-hydrogen) atoms. The van der Waals surface area contributed by atoms with Gasteiger partial charge in [-0.15, -0.1) is 0 Å². The second kappa shape index (κ2) is 5.28. The van der Waals surface area contributed by atoms with Crippen LogP contribution in [0.4, 0.5) is 0 Å². The van der Waals surface area contributed by atoms with E-state index in [0.717, 1.165) is 10.0 Å². The minimum atomic E-state index is -0.201. The number of hydrogen-bond acceptors (Lipinski definition) is 2. The standard InChI is InChI=1S/C11H14BrNO2/c1-8(11(14)13(2)15-3)9-5-4-6-10(12)7-9/h4-8H,1-3H3. The highest BCUT2D eigenvalue weighted by Crippen LogP contribution is 2.21. The number of hydrogen-bond donors (Lipinski definition) is 0. The van der Waals surface area contributed by atoms with E-state index in [1.165, 1.54) is 12.2 Å². The first-order valence-electron chi connectivity index (χ1n) is 4.63. The molecule has 0 aliphatic carbocycles. The molecule has 0 spiro atoms. The second-order valence-electron chi connectivity index (χ2n) is 3.29. The van der Waals surface area contributed by atoms with Crippen LogP contribution in [0, 0.1) is 0 Å². The van der Waals surface area contributed by atoms with E-state index in [4.69, 9.17) is 4.84 Å². The summed E-state index contributed by atoms with van der Waals surface area (Å²) in [7, 11) is 3.09. The van der Waals surface area contributed by atoms with Gasteiger partial charge in [0.2, 0.25) is 0 Å². The van der Waals surface area contributed by atoms with E-state index in [2.05, 4.69) is 15.9 Å². The van der Waals surface area contributed by atoms with Gasteiger partial charge in [0.05, 0.1) is 13.0 Å². The molecule has 1 aromatic rings. The maximum Gasteiger partial charge on any atom is 0.253 e. The molecule has 82 valence electrons. The Balaban J connectivity index is 2.85. The molecule has 0 bridgehead atoms. The Kier molecular flexibility index (Phi) is 4.29. The molecule has 0 fully saturated rings. The van der Waals surface area contributed by atoms with Crippen LogP contribution >= 0.6 is 15.9 Å². The van der Waals surface area contributed by atoms with Crippen LogP contribution in [0.1, 0.15) is 18.4 Å². The topological polar surface area (TPSA) is 29.5 Å². The Morgan fingerprint density at radius 2 is 2.20 bits per heavy atom. The molecule has 0 radical (unpaired) electrons. The zero-order valence-corrected chi connectivity index (χ0v) is 10.6. The predicted molar refractivity (Wildman–Crippen MR) is 62.3 cm³/mol. The third-order valence-electron chi connectivity index (χ3n) is 2.30. The third kappa shape index (κ3) is 3.04. The highest BCUT2D eigenvalue weighted by atomic mass is 79.9. The summed E-state index contributed by atoms with van der Waals surface area (Å²) < 4.78 is 0.972. The summed E-state index contributed by atoms with van der Waals surface area (Å²) in [6.45, 7) is 1.86. The molecule has 1 unspecified atom stereocenters. The van der Waals surface area contributed by atoms with Crippen molar-refractivity contribution in [3.8, 4) is 0 Å². The number of likely N-dealkylation sites (N-methyl/N-ethyl adjacent to an activating group) is 1. The highest BCUT2D eigenvalue weighted by Gasteiger charge is 2.19. The van der Waals surface area contributed by atoms with Crippen LogP contribution in [0.15, 0.2) is 28.7 Å². The number of benzene rings is 1. The van der Waals surface area contributed by atoms with Gasteiger partial charge in [-0.2, -0.15) is 0 Å². The van der Waals surface area contributed by atoms with E-state index in [0.29, 0.717) is 0 Å². The predicted octanol–water partition coefficient (Wildman–Crippen LogP) is 2.57. The summed E-state index contributed by atoms with van der Waals surface area (Å²) in [6, 6.07) is 7.71. The van der Waals surface area contributed by atoms with Crippen molar-refractivity contribution >= 4 is 21.8 Å². The van der Waals surface area contributed by atoms with Gasteiger partial charge in [-0.05, 0) is 24.6 Å². The minimum absolute atomic E-state index is 0.0596. The molecule has 3 nitrogen and oxygen atoms in total. The van der Waals surface area contributed by atoms with E-state index in [1.54, 1.807) is 7.05 Å². The first-order chi connectivity index (χ1) is 7.06. The summed E-state index contributed by atoms with van der Waals surface area (Å²) in [5.74, 6) is -0.261. The molecule has 1 amide bonds. The normalized spacial score (nSPS) is 12.3. The van der Waals surface area contributed by atoms with Gasteiger partial charge in [-0.3, -0.25) is 9.63 Å².